The van der Waals surface area contributed by atoms with E-state index in [1.54, 1.807) is 0 Å². The van der Waals surface area contributed by atoms with Gasteiger partial charge >= 0.3 is 0 Å². The molecule has 2 fully saturated rings. The summed E-state index contributed by atoms with van der Waals surface area (Å²) in [5, 5.41) is 7.55. The summed E-state index contributed by atoms with van der Waals surface area (Å²) < 4.78 is 5.63. The van der Waals surface area contributed by atoms with E-state index in [1.807, 2.05) is 0 Å². The van der Waals surface area contributed by atoms with Crippen molar-refractivity contribution < 1.29 is 4.52 Å². The lowest BCUT2D eigenvalue weighted by molar-refractivity contribution is 0.358. The Kier molecular flexibility index (Phi) is 2.96. The summed E-state index contributed by atoms with van der Waals surface area (Å²) in [6.45, 7) is 6.00. The number of piperazine rings is 1. The smallest absolute Gasteiger partial charge is 0.266 e. The van der Waals surface area contributed by atoms with Crippen LogP contribution in [0.4, 0.5) is 5.95 Å². The van der Waals surface area contributed by atoms with Gasteiger partial charge in [-0.3, -0.25) is 0 Å². The number of nitrogens with zero attached hydrogens (tertiary/aromatic N) is 3. The Morgan fingerprint density at radius 1 is 1.19 bits per heavy atom. The first kappa shape index (κ1) is 12.8. The maximum atomic E-state index is 5.63. The Morgan fingerprint density at radius 2 is 1.95 bits per heavy atom. The molecule has 1 saturated carbocycles. The van der Waals surface area contributed by atoms with E-state index in [9.17, 15) is 0 Å². The van der Waals surface area contributed by atoms with Gasteiger partial charge in [-0.2, -0.15) is 4.98 Å². The monoisotopic (exact) mass is 284 g/mol. The highest BCUT2D eigenvalue weighted by molar-refractivity contribution is 5.44. The van der Waals surface area contributed by atoms with Gasteiger partial charge in [-0.1, -0.05) is 24.3 Å². The molecule has 1 aromatic heterocycles. The molecule has 21 heavy (non-hydrogen) atoms. The second-order valence-corrected chi connectivity index (χ2v) is 6.03. The number of aryl methyl sites for hydroxylation is 1. The van der Waals surface area contributed by atoms with E-state index in [0.29, 0.717) is 0 Å². The summed E-state index contributed by atoms with van der Waals surface area (Å²) in [6, 6.07) is 8.52. The predicted molar refractivity (Wildman–Crippen MR) is 80.6 cm³/mol. The van der Waals surface area contributed by atoms with Gasteiger partial charge in [0.15, 0.2) is 0 Å². The SMILES string of the molecule is Cc1ccccc1C1(c2nc(N3CCNCC3)no2)CC1. The van der Waals surface area contributed by atoms with Crippen molar-refractivity contribution in [2.75, 3.05) is 31.1 Å². The topological polar surface area (TPSA) is 54.2 Å². The number of hydrogen-bond acceptors (Lipinski definition) is 5. The van der Waals surface area contributed by atoms with Crippen LogP contribution in [-0.4, -0.2) is 36.3 Å². The van der Waals surface area contributed by atoms with E-state index in [0.717, 1.165) is 50.9 Å². The molecule has 0 bridgehead atoms. The zero-order chi connectivity index (χ0) is 14.3. The van der Waals surface area contributed by atoms with Crippen LogP contribution in [0.1, 0.15) is 29.9 Å². The molecule has 0 amide bonds. The number of hydrogen-bond donors (Lipinski definition) is 1. The highest BCUT2D eigenvalue weighted by Gasteiger charge is 2.51. The minimum atomic E-state index is -0.0371. The van der Waals surface area contributed by atoms with E-state index >= 15 is 0 Å². The van der Waals surface area contributed by atoms with Crippen molar-refractivity contribution in [1.29, 1.82) is 0 Å². The molecule has 0 radical (unpaired) electrons. The second-order valence-electron chi connectivity index (χ2n) is 6.03. The summed E-state index contributed by atoms with van der Waals surface area (Å²) >= 11 is 0. The molecule has 0 spiro atoms. The van der Waals surface area contributed by atoms with Crippen molar-refractivity contribution in [3.63, 3.8) is 0 Å². The van der Waals surface area contributed by atoms with Gasteiger partial charge in [0.25, 0.3) is 5.95 Å². The van der Waals surface area contributed by atoms with Crippen LogP contribution < -0.4 is 10.2 Å². The Hall–Kier alpha value is -1.88. The van der Waals surface area contributed by atoms with E-state index in [1.165, 1.54) is 11.1 Å². The summed E-state index contributed by atoms with van der Waals surface area (Å²) in [4.78, 5) is 6.90. The lowest BCUT2D eigenvalue weighted by Crippen LogP contribution is -2.44. The van der Waals surface area contributed by atoms with Gasteiger partial charge in [0.05, 0.1) is 5.41 Å². The van der Waals surface area contributed by atoms with Crippen molar-refractivity contribution in [2.45, 2.75) is 25.2 Å². The molecule has 0 unspecified atom stereocenters. The molecule has 1 aliphatic carbocycles. The molecule has 5 heteroatoms. The van der Waals surface area contributed by atoms with E-state index in [2.05, 4.69) is 46.6 Å². The number of benzene rings is 1. The first-order valence-corrected chi connectivity index (χ1v) is 7.66. The fraction of sp³-hybridized carbons (Fsp3) is 0.500. The van der Waals surface area contributed by atoms with Crippen molar-refractivity contribution in [3.8, 4) is 0 Å². The van der Waals surface area contributed by atoms with Gasteiger partial charge in [0.2, 0.25) is 5.89 Å². The molecular formula is C16H20N4O. The van der Waals surface area contributed by atoms with Crippen LogP contribution >= 0.6 is 0 Å². The van der Waals surface area contributed by atoms with E-state index in [4.69, 9.17) is 9.51 Å². The highest BCUT2D eigenvalue weighted by atomic mass is 16.5. The van der Waals surface area contributed by atoms with E-state index < -0.39 is 0 Å². The number of nitrogens with one attached hydrogen (secondary N) is 1. The van der Waals surface area contributed by atoms with Crippen LogP contribution in [0.5, 0.6) is 0 Å². The normalized spacial score (nSPS) is 20.5. The van der Waals surface area contributed by atoms with Gasteiger partial charge in [0.1, 0.15) is 0 Å². The molecular weight excluding hydrogens is 264 g/mol. The molecule has 1 N–H and O–H groups in total. The molecule has 1 saturated heterocycles. The van der Waals surface area contributed by atoms with Gasteiger partial charge in [-0.25, -0.2) is 0 Å². The molecule has 2 heterocycles. The standard InChI is InChI=1S/C16H20N4O/c1-12-4-2-3-5-13(12)16(6-7-16)14-18-15(19-21-14)20-10-8-17-9-11-20/h2-5,17H,6-11H2,1H3. The van der Waals surface area contributed by atoms with Crippen LogP contribution in [0, 0.1) is 6.92 Å². The van der Waals surface area contributed by atoms with E-state index in [-0.39, 0.29) is 5.41 Å². The third-order valence-electron chi connectivity index (χ3n) is 4.64. The maximum Gasteiger partial charge on any atom is 0.266 e. The highest BCUT2D eigenvalue weighted by Crippen LogP contribution is 2.53. The molecule has 2 aromatic rings. The molecule has 110 valence electrons. The van der Waals surface area contributed by atoms with Crippen LogP contribution in [0.15, 0.2) is 28.8 Å². The summed E-state index contributed by atoms with van der Waals surface area (Å²) in [5.74, 6) is 1.52. The average Bonchev–Trinajstić information content (AvgIpc) is 3.18. The first-order chi connectivity index (χ1) is 10.3. The molecule has 0 atom stereocenters. The fourth-order valence-electron chi connectivity index (χ4n) is 3.24. The molecule has 2 aliphatic rings. The van der Waals surface area contributed by atoms with Crippen LogP contribution in [0.2, 0.25) is 0 Å². The number of rotatable bonds is 3. The second kappa shape index (κ2) is 4.84. The average molecular weight is 284 g/mol. The largest absolute Gasteiger partial charge is 0.336 e. The lowest BCUT2D eigenvalue weighted by atomic mass is 9.92. The van der Waals surface area contributed by atoms with Crippen molar-refractivity contribution in [2.24, 2.45) is 0 Å². The Bertz CT molecular complexity index is 641. The summed E-state index contributed by atoms with van der Waals surface area (Å²) in [6.07, 6.45) is 2.20. The Labute approximate surface area is 124 Å². The minimum absolute atomic E-state index is 0.0371. The zero-order valence-electron chi connectivity index (χ0n) is 12.3. The predicted octanol–water partition coefficient (Wildman–Crippen LogP) is 1.87. The Morgan fingerprint density at radius 3 is 2.67 bits per heavy atom. The maximum absolute atomic E-state index is 5.63. The van der Waals surface area contributed by atoms with Crippen molar-refractivity contribution in [1.82, 2.24) is 15.5 Å². The van der Waals surface area contributed by atoms with Gasteiger partial charge < -0.3 is 14.7 Å². The van der Waals surface area contributed by atoms with Crippen molar-refractivity contribution >= 4 is 5.95 Å². The third-order valence-corrected chi connectivity index (χ3v) is 4.64. The molecule has 1 aliphatic heterocycles. The van der Waals surface area contributed by atoms with Gasteiger partial charge in [0, 0.05) is 26.2 Å². The number of anilines is 1. The molecule has 5 nitrogen and oxygen atoms in total. The minimum Gasteiger partial charge on any atom is -0.336 e. The number of aromatic nitrogens is 2. The Balaban J connectivity index is 1.65. The third kappa shape index (κ3) is 2.12. The zero-order valence-corrected chi connectivity index (χ0v) is 12.3. The van der Waals surface area contributed by atoms with Crippen LogP contribution in [-0.2, 0) is 5.41 Å². The van der Waals surface area contributed by atoms with Crippen molar-refractivity contribution in [3.05, 3.63) is 41.3 Å². The lowest BCUT2D eigenvalue weighted by Gasteiger charge is -2.25. The quantitative estimate of drug-likeness (QED) is 0.932. The fourth-order valence-corrected chi connectivity index (χ4v) is 3.24. The molecule has 1 aromatic carbocycles. The molecule has 4 rings (SSSR count). The van der Waals surface area contributed by atoms with Gasteiger partial charge in [-0.05, 0) is 36.0 Å². The van der Waals surface area contributed by atoms with Crippen LogP contribution in [0.25, 0.3) is 0 Å². The summed E-state index contributed by atoms with van der Waals surface area (Å²) in [7, 11) is 0. The van der Waals surface area contributed by atoms with Crippen LogP contribution in [0.3, 0.4) is 0 Å². The first-order valence-electron chi connectivity index (χ1n) is 7.66. The van der Waals surface area contributed by atoms with Gasteiger partial charge in [-0.15, -0.1) is 0 Å². The summed E-state index contributed by atoms with van der Waals surface area (Å²) in [5.41, 5.74) is 2.60.